The Hall–Kier alpha value is -3.17. The quantitative estimate of drug-likeness (QED) is 0.360. The van der Waals surface area contributed by atoms with Crippen LogP contribution in [0.25, 0.3) is 34.8 Å². The molecule has 0 radical (unpaired) electrons. The Morgan fingerprint density at radius 2 is 1.32 bits per heavy atom. The molecular weight excluding hydrogens is 360 g/mol. The van der Waals surface area contributed by atoms with E-state index in [-0.39, 0.29) is 0 Å². The summed E-state index contributed by atoms with van der Waals surface area (Å²) in [5.74, 6) is 0.735. The predicted molar refractivity (Wildman–Crippen MR) is 120 cm³/mol. The van der Waals surface area contributed by atoms with E-state index in [0.29, 0.717) is 0 Å². The lowest BCUT2D eigenvalue weighted by Crippen LogP contribution is -1.95. The van der Waals surface area contributed by atoms with Crippen molar-refractivity contribution in [1.82, 2.24) is 9.97 Å². The minimum atomic E-state index is 0.735. The number of thioether (sulfide) groups is 1. The van der Waals surface area contributed by atoms with Crippen LogP contribution >= 0.6 is 11.8 Å². The second-order valence-corrected chi connectivity index (χ2v) is 7.22. The van der Waals surface area contributed by atoms with Crippen LogP contribution in [-0.4, -0.2) is 16.2 Å². The predicted octanol–water partition coefficient (Wildman–Crippen LogP) is 6.70. The second-order valence-electron chi connectivity index (χ2n) is 6.34. The molecule has 0 saturated heterocycles. The Morgan fingerprint density at radius 1 is 0.679 bits per heavy atom. The van der Waals surface area contributed by atoms with E-state index in [4.69, 9.17) is 9.97 Å². The molecule has 0 amide bonds. The zero-order valence-electron chi connectivity index (χ0n) is 15.6. The third kappa shape index (κ3) is 4.38. The van der Waals surface area contributed by atoms with E-state index in [0.717, 1.165) is 33.9 Å². The van der Waals surface area contributed by atoms with Gasteiger partial charge in [-0.25, -0.2) is 9.97 Å². The zero-order chi connectivity index (χ0) is 19.2. The van der Waals surface area contributed by atoms with Gasteiger partial charge in [0.05, 0.1) is 11.4 Å². The zero-order valence-corrected chi connectivity index (χ0v) is 16.4. The number of hydrogen-bond acceptors (Lipinski definition) is 3. The summed E-state index contributed by atoms with van der Waals surface area (Å²) in [6, 6.07) is 30.9. The average molecular weight is 381 g/mol. The van der Waals surface area contributed by atoms with E-state index < -0.39 is 0 Å². The second kappa shape index (κ2) is 8.68. The maximum Gasteiger partial charge on any atom is 0.160 e. The van der Waals surface area contributed by atoms with E-state index in [2.05, 4.69) is 54.8 Å². The standard InChI is InChI=1S/C25H20N2S/c1-28-23-16-13-19(14-17-23)12-15-22-18-24(20-8-4-2-5-9-20)27-25(26-22)21-10-6-3-7-11-21/h2-18H,1H3/b15-12+. The highest BCUT2D eigenvalue weighted by Gasteiger charge is 2.07. The van der Waals surface area contributed by atoms with E-state index >= 15 is 0 Å². The van der Waals surface area contributed by atoms with Crippen molar-refractivity contribution in [2.75, 3.05) is 6.26 Å². The van der Waals surface area contributed by atoms with Crippen molar-refractivity contribution in [3.05, 3.63) is 102 Å². The minimum absolute atomic E-state index is 0.735. The first-order valence-electron chi connectivity index (χ1n) is 9.14. The van der Waals surface area contributed by atoms with Gasteiger partial charge in [0, 0.05) is 16.0 Å². The summed E-state index contributed by atoms with van der Waals surface area (Å²) in [5.41, 5.74) is 5.06. The fourth-order valence-electron chi connectivity index (χ4n) is 2.92. The van der Waals surface area contributed by atoms with Gasteiger partial charge < -0.3 is 0 Å². The van der Waals surface area contributed by atoms with Crippen LogP contribution in [0.1, 0.15) is 11.3 Å². The monoisotopic (exact) mass is 380 g/mol. The average Bonchev–Trinajstić information content (AvgIpc) is 2.79. The largest absolute Gasteiger partial charge is 0.229 e. The van der Waals surface area contributed by atoms with Gasteiger partial charge in [0.1, 0.15) is 0 Å². The molecule has 3 heteroatoms. The maximum absolute atomic E-state index is 4.80. The number of hydrogen-bond donors (Lipinski definition) is 0. The van der Waals surface area contributed by atoms with Crippen molar-refractivity contribution in [2.45, 2.75) is 4.90 Å². The molecular formula is C25H20N2S. The molecule has 0 unspecified atom stereocenters. The molecule has 1 aromatic heterocycles. The summed E-state index contributed by atoms with van der Waals surface area (Å²) in [4.78, 5) is 10.8. The van der Waals surface area contributed by atoms with Gasteiger partial charge in [-0.3, -0.25) is 0 Å². The molecule has 0 aliphatic carbocycles. The van der Waals surface area contributed by atoms with Crippen LogP contribution in [-0.2, 0) is 0 Å². The summed E-state index contributed by atoms with van der Waals surface area (Å²) in [5, 5.41) is 0. The first-order chi connectivity index (χ1) is 13.8. The van der Waals surface area contributed by atoms with Gasteiger partial charge >= 0.3 is 0 Å². The molecule has 4 aromatic rings. The summed E-state index contributed by atoms with van der Waals surface area (Å²) in [6.45, 7) is 0. The van der Waals surface area contributed by atoms with Crippen molar-refractivity contribution in [2.24, 2.45) is 0 Å². The van der Waals surface area contributed by atoms with E-state index in [1.807, 2.05) is 54.6 Å². The number of rotatable bonds is 5. The Balaban J connectivity index is 1.74. The van der Waals surface area contributed by atoms with Crippen molar-refractivity contribution >= 4 is 23.9 Å². The molecule has 28 heavy (non-hydrogen) atoms. The van der Waals surface area contributed by atoms with Crippen LogP contribution in [0.15, 0.2) is 95.9 Å². The van der Waals surface area contributed by atoms with Gasteiger partial charge in [0.25, 0.3) is 0 Å². The van der Waals surface area contributed by atoms with Crippen LogP contribution in [0.3, 0.4) is 0 Å². The lowest BCUT2D eigenvalue weighted by atomic mass is 10.1. The van der Waals surface area contributed by atoms with Gasteiger partial charge in [-0.1, -0.05) is 78.9 Å². The Morgan fingerprint density at radius 3 is 1.96 bits per heavy atom. The molecule has 2 nitrogen and oxygen atoms in total. The number of benzene rings is 3. The van der Waals surface area contributed by atoms with Crippen LogP contribution in [0.4, 0.5) is 0 Å². The Labute approximate surface area is 170 Å². The van der Waals surface area contributed by atoms with Gasteiger partial charge in [0.2, 0.25) is 0 Å². The summed E-state index contributed by atoms with van der Waals surface area (Å²) in [6.07, 6.45) is 6.23. The molecule has 0 N–H and O–H groups in total. The molecule has 0 atom stereocenters. The van der Waals surface area contributed by atoms with Crippen LogP contribution < -0.4 is 0 Å². The van der Waals surface area contributed by atoms with E-state index in [1.54, 1.807) is 11.8 Å². The van der Waals surface area contributed by atoms with Gasteiger partial charge in [-0.15, -0.1) is 11.8 Å². The number of nitrogens with zero attached hydrogens (tertiary/aromatic N) is 2. The molecule has 0 fully saturated rings. The molecule has 3 aromatic carbocycles. The van der Waals surface area contributed by atoms with E-state index in [9.17, 15) is 0 Å². The minimum Gasteiger partial charge on any atom is -0.229 e. The lowest BCUT2D eigenvalue weighted by molar-refractivity contribution is 1.16. The van der Waals surface area contributed by atoms with Crippen LogP contribution in [0.2, 0.25) is 0 Å². The SMILES string of the molecule is CSc1ccc(/C=C/c2cc(-c3ccccc3)nc(-c3ccccc3)n2)cc1. The highest BCUT2D eigenvalue weighted by atomic mass is 32.2. The number of aromatic nitrogens is 2. The van der Waals surface area contributed by atoms with Crippen molar-refractivity contribution in [3.8, 4) is 22.6 Å². The van der Waals surface area contributed by atoms with Crippen molar-refractivity contribution in [1.29, 1.82) is 0 Å². The molecule has 1 heterocycles. The third-order valence-corrected chi connectivity index (χ3v) is 5.15. The fourth-order valence-corrected chi connectivity index (χ4v) is 3.33. The summed E-state index contributed by atoms with van der Waals surface area (Å²) >= 11 is 1.75. The van der Waals surface area contributed by atoms with Gasteiger partial charge in [0.15, 0.2) is 5.82 Å². The Kier molecular flexibility index (Phi) is 5.64. The lowest BCUT2D eigenvalue weighted by Gasteiger charge is -2.07. The maximum atomic E-state index is 4.80. The van der Waals surface area contributed by atoms with Crippen LogP contribution in [0.5, 0.6) is 0 Å². The summed E-state index contributed by atoms with van der Waals surface area (Å²) in [7, 11) is 0. The topological polar surface area (TPSA) is 25.8 Å². The smallest absolute Gasteiger partial charge is 0.160 e. The Bertz CT molecular complexity index is 1010. The fraction of sp³-hybridized carbons (Fsp3) is 0.0400. The molecule has 0 aliphatic rings. The normalized spacial score (nSPS) is 11.0. The van der Waals surface area contributed by atoms with Crippen molar-refractivity contribution in [3.63, 3.8) is 0 Å². The molecule has 0 aliphatic heterocycles. The molecule has 4 rings (SSSR count). The van der Waals surface area contributed by atoms with E-state index in [1.165, 1.54) is 4.90 Å². The highest BCUT2D eigenvalue weighted by Crippen LogP contribution is 2.23. The molecule has 0 saturated carbocycles. The summed E-state index contributed by atoms with van der Waals surface area (Å²) < 4.78 is 0. The molecule has 136 valence electrons. The molecule has 0 bridgehead atoms. The van der Waals surface area contributed by atoms with Gasteiger partial charge in [-0.05, 0) is 36.1 Å². The van der Waals surface area contributed by atoms with Gasteiger partial charge in [-0.2, -0.15) is 0 Å². The van der Waals surface area contributed by atoms with Crippen molar-refractivity contribution < 1.29 is 0 Å². The first kappa shape index (κ1) is 18.2. The first-order valence-corrected chi connectivity index (χ1v) is 10.4. The van der Waals surface area contributed by atoms with Crippen LogP contribution in [0, 0.1) is 0 Å². The highest BCUT2D eigenvalue weighted by molar-refractivity contribution is 7.98. The molecule has 0 spiro atoms. The third-order valence-electron chi connectivity index (χ3n) is 4.41.